The normalized spacial score (nSPS) is 10.2. The second kappa shape index (κ2) is 3.43. The molecular weight excluding hydrogens is 252 g/mol. The number of aromatic amines is 1. The lowest BCUT2D eigenvalue weighted by Gasteiger charge is -1.89. The number of aromatic nitrogens is 2. The second-order valence-electron chi connectivity index (χ2n) is 2.45. The molecule has 0 spiro atoms. The number of hydrogen-bond donors (Lipinski definition) is 1. The Labute approximate surface area is 86.9 Å². The predicted molar refractivity (Wildman–Crippen MR) is 54.0 cm³/mol. The van der Waals surface area contributed by atoms with Gasteiger partial charge in [0.1, 0.15) is 0 Å². The van der Waals surface area contributed by atoms with Gasteiger partial charge in [0, 0.05) is 16.0 Å². The number of rotatable bonds is 2. The molecule has 0 atom stereocenters. The molecule has 3 nitrogen and oxygen atoms in total. The van der Waals surface area contributed by atoms with Crippen molar-refractivity contribution in [2.24, 2.45) is 0 Å². The monoisotopic (exact) mass is 256 g/mol. The Morgan fingerprint density at radius 3 is 3.00 bits per heavy atom. The van der Waals surface area contributed by atoms with Gasteiger partial charge in [-0.05, 0) is 22.0 Å². The van der Waals surface area contributed by atoms with Gasteiger partial charge in [0.05, 0.1) is 16.6 Å². The first-order valence-corrected chi connectivity index (χ1v) is 5.22. The molecule has 0 fully saturated rings. The number of thiophene rings is 1. The van der Waals surface area contributed by atoms with Crippen LogP contribution in [-0.2, 0) is 0 Å². The van der Waals surface area contributed by atoms with Crippen molar-refractivity contribution < 1.29 is 4.79 Å². The summed E-state index contributed by atoms with van der Waals surface area (Å²) in [5.74, 6) is 0.00412. The van der Waals surface area contributed by atoms with E-state index in [-0.39, 0.29) is 5.78 Å². The highest BCUT2D eigenvalue weighted by atomic mass is 79.9. The van der Waals surface area contributed by atoms with E-state index < -0.39 is 0 Å². The number of carbonyl (C=O) groups excluding carboxylic acids is 1. The topological polar surface area (TPSA) is 45.8 Å². The van der Waals surface area contributed by atoms with Crippen LogP contribution in [0.3, 0.4) is 0 Å². The summed E-state index contributed by atoms with van der Waals surface area (Å²) in [7, 11) is 0. The standard InChI is InChI=1S/C8H5BrN2OS/c9-6-1-7(13-4-6)8(12)5-2-10-11-3-5/h1-4H,(H,10,11). The van der Waals surface area contributed by atoms with E-state index in [0.717, 1.165) is 4.47 Å². The number of halogens is 1. The van der Waals surface area contributed by atoms with Crippen LogP contribution in [0.4, 0.5) is 0 Å². The first-order chi connectivity index (χ1) is 6.27. The number of ketones is 1. The van der Waals surface area contributed by atoms with Gasteiger partial charge in [0.25, 0.3) is 0 Å². The molecule has 0 saturated carbocycles. The zero-order valence-electron chi connectivity index (χ0n) is 6.45. The molecule has 0 bridgehead atoms. The summed E-state index contributed by atoms with van der Waals surface area (Å²) in [5, 5.41) is 8.21. The van der Waals surface area contributed by atoms with Gasteiger partial charge in [0.2, 0.25) is 5.78 Å². The fraction of sp³-hybridized carbons (Fsp3) is 0. The van der Waals surface area contributed by atoms with Crippen LogP contribution < -0.4 is 0 Å². The zero-order chi connectivity index (χ0) is 9.26. The maximum absolute atomic E-state index is 11.7. The third-order valence-electron chi connectivity index (χ3n) is 1.55. The van der Waals surface area contributed by atoms with Crippen LogP contribution in [0.2, 0.25) is 0 Å². The summed E-state index contributed by atoms with van der Waals surface area (Å²) in [5.41, 5.74) is 0.592. The molecule has 2 heterocycles. The Morgan fingerprint density at radius 1 is 1.62 bits per heavy atom. The molecule has 13 heavy (non-hydrogen) atoms. The van der Waals surface area contributed by atoms with Crippen molar-refractivity contribution in [3.05, 3.63) is 38.8 Å². The third kappa shape index (κ3) is 1.71. The Kier molecular flexibility index (Phi) is 2.28. The summed E-state index contributed by atoms with van der Waals surface area (Å²) in [4.78, 5) is 12.4. The Balaban J connectivity index is 2.33. The molecule has 2 aromatic rings. The zero-order valence-corrected chi connectivity index (χ0v) is 8.85. The fourth-order valence-electron chi connectivity index (χ4n) is 0.949. The molecule has 0 unspecified atom stereocenters. The Morgan fingerprint density at radius 2 is 2.46 bits per heavy atom. The van der Waals surface area contributed by atoms with Crippen LogP contribution in [-0.4, -0.2) is 16.0 Å². The molecule has 5 heteroatoms. The minimum Gasteiger partial charge on any atom is -0.288 e. The van der Waals surface area contributed by atoms with Gasteiger partial charge in [-0.15, -0.1) is 11.3 Å². The van der Waals surface area contributed by atoms with Gasteiger partial charge in [-0.3, -0.25) is 9.89 Å². The SMILES string of the molecule is O=C(c1cn[nH]c1)c1cc(Br)cs1. The molecule has 2 rings (SSSR count). The van der Waals surface area contributed by atoms with E-state index in [4.69, 9.17) is 0 Å². The van der Waals surface area contributed by atoms with Gasteiger partial charge < -0.3 is 0 Å². The van der Waals surface area contributed by atoms with Crippen LogP contribution in [0, 0.1) is 0 Å². The van der Waals surface area contributed by atoms with Crippen LogP contribution in [0.5, 0.6) is 0 Å². The van der Waals surface area contributed by atoms with Crippen molar-refractivity contribution in [3.63, 3.8) is 0 Å². The predicted octanol–water partition coefficient (Wildman–Crippen LogP) is 2.46. The lowest BCUT2D eigenvalue weighted by Crippen LogP contribution is -1.95. The van der Waals surface area contributed by atoms with E-state index in [2.05, 4.69) is 26.1 Å². The minimum absolute atomic E-state index is 0.00412. The molecule has 1 N–H and O–H groups in total. The molecule has 0 saturated heterocycles. The smallest absolute Gasteiger partial charge is 0.206 e. The van der Waals surface area contributed by atoms with E-state index in [1.165, 1.54) is 17.5 Å². The molecule has 2 aromatic heterocycles. The highest BCUT2D eigenvalue weighted by Gasteiger charge is 2.11. The lowest BCUT2D eigenvalue weighted by molar-refractivity contribution is 0.104. The summed E-state index contributed by atoms with van der Waals surface area (Å²) < 4.78 is 0.935. The van der Waals surface area contributed by atoms with Crippen LogP contribution in [0.15, 0.2) is 28.3 Å². The van der Waals surface area contributed by atoms with Crippen molar-refractivity contribution in [1.82, 2.24) is 10.2 Å². The Hall–Kier alpha value is -0.940. The highest BCUT2D eigenvalue weighted by molar-refractivity contribution is 9.10. The first-order valence-electron chi connectivity index (χ1n) is 3.55. The molecule has 0 aliphatic rings. The van der Waals surface area contributed by atoms with Gasteiger partial charge in [-0.1, -0.05) is 0 Å². The molecule has 0 radical (unpaired) electrons. The number of carbonyl (C=O) groups is 1. The second-order valence-corrected chi connectivity index (χ2v) is 4.27. The number of nitrogens with one attached hydrogen (secondary N) is 1. The number of H-pyrrole nitrogens is 1. The molecule has 0 aromatic carbocycles. The maximum Gasteiger partial charge on any atom is 0.206 e. The third-order valence-corrected chi connectivity index (χ3v) is 3.24. The number of nitrogens with zero attached hydrogens (tertiary/aromatic N) is 1. The van der Waals surface area contributed by atoms with Crippen molar-refractivity contribution in [1.29, 1.82) is 0 Å². The summed E-state index contributed by atoms with van der Waals surface area (Å²) >= 11 is 4.72. The van der Waals surface area contributed by atoms with Gasteiger partial charge in [0.15, 0.2) is 0 Å². The van der Waals surface area contributed by atoms with E-state index >= 15 is 0 Å². The fourth-order valence-corrected chi connectivity index (χ4v) is 2.34. The first kappa shape index (κ1) is 8.65. The number of hydrogen-bond acceptors (Lipinski definition) is 3. The largest absolute Gasteiger partial charge is 0.288 e. The highest BCUT2D eigenvalue weighted by Crippen LogP contribution is 2.21. The van der Waals surface area contributed by atoms with E-state index in [1.54, 1.807) is 12.3 Å². The van der Waals surface area contributed by atoms with Crippen molar-refractivity contribution in [2.45, 2.75) is 0 Å². The quantitative estimate of drug-likeness (QED) is 0.840. The van der Waals surface area contributed by atoms with Crippen LogP contribution in [0.25, 0.3) is 0 Å². The minimum atomic E-state index is 0.00412. The average Bonchev–Trinajstić information content (AvgIpc) is 2.72. The van der Waals surface area contributed by atoms with E-state index in [1.807, 2.05) is 5.38 Å². The molecule has 0 aliphatic heterocycles. The van der Waals surface area contributed by atoms with Gasteiger partial charge >= 0.3 is 0 Å². The van der Waals surface area contributed by atoms with Gasteiger partial charge in [-0.2, -0.15) is 5.10 Å². The van der Waals surface area contributed by atoms with E-state index in [9.17, 15) is 4.79 Å². The summed E-state index contributed by atoms with van der Waals surface area (Å²) in [6.07, 6.45) is 3.12. The van der Waals surface area contributed by atoms with E-state index in [0.29, 0.717) is 10.4 Å². The van der Waals surface area contributed by atoms with Crippen molar-refractivity contribution >= 4 is 33.0 Å². The average molecular weight is 257 g/mol. The van der Waals surface area contributed by atoms with Crippen LogP contribution in [0.1, 0.15) is 15.2 Å². The molecule has 66 valence electrons. The maximum atomic E-state index is 11.7. The Bertz CT molecular complexity index is 421. The molecule has 0 aliphatic carbocycles. The van der Waals surface area contributed by atoms with Crippen LogP contribution >= 0.6 is 27.3 Å². The molecule has 0 amide bonds. The van der Waals surface area contributed by atoms with Crippen molar-refractivity contribution in [2.75, 3.05) is 0 Å². The van der Waals surface area contributed by atoms with Crippen molar-refractivity contribution in [3.8, 4) is 0 Å². The summed E-state index contributed by atoms with van der Waals surface area (Å²) in [6, 6.07) is 1.81. The summed E-state index contributed by atoms with van der Waals surface area (Å²) in [6.45, 7) is 0. The lowest BCUT2D eigenvalue weighted by atomic mass is 10.2. The van der Waals surface area contributed by atoms with Gasteiger partial charge in [-0.25, -0.2) is 0 Å². The molecular formula is C8H5BrN2OS.